The maximum Gasteiger partial charge on any atom is 0.157 e. The zero-order valence-corrected chi connectivity index (χ0v) is 15.8. The summed E-state index contributed by atoms with van der Waals surface area (Å²) in [6, 6.07) is 0. The van der Waals surface area contributed by atoms with Crippen molar-refractivity contribution in [1.82, 2.24) is 0 Å². The summed E-state index contributed by atoms with van der Waals surface area (Å²) in [6.07, 6.45) is 6.28. The summed E-state index contributed by atoms with van der Waals surface area (Å²) in [7, 11) is 0. The smallest absolute Gasteiger partial charge is 0.157 e. The monoisotopic (exact) mass is 344 g/mol. The SMILES string of the molecule is CCC(COC(C)OC(C)OCC1CCCC(O)C1)CC1OC1C. The minimum Gasteiger partial charge on any atom is -0.393 e. The van der Waals surface area contributed by atoms with Gasteiger partial charge in [-0.1, -0.05) is 19.8 Å². The van der Waals surface area contributed by atoms with Crippen LogP contribution in [0.15, 0.2) is 0 Å². The average molecular weight is 344 g/mol. The highest BCUT2D eigenvalue weighted by Crippen LogP contribution is 2.29. The number of ether oxygens (including phenoxy) is 4. The molecule has 142 valence electrons. The van der Waals surface area contributed by atoms with Gasteiger partial charge in [-0.3, -0.25) is 0 Å². The topological polar surface area (TPSA) is 60.5 Å². The minimum absolute atomic E-state index is 0.157. The van der Waals surface area contributed by atoms with Crippen LogP contribution in [0.4, 0.5) is 0 Å². The van der Waals surface area contributed by atoms with Crippen LogP contribution in [0.1, 0.15) is 66.2 Å². The molecule has 2 aliphatic rings. The predicted octanol–water partition coefficient (Wildman–Crippen LogP) is 3.48. The van der Waals surface area contributed by atoms with E-state index in [-0.39, 0.29) is 18.7 Å². The maximum atomic E-state index is 9.70. The van der Waals surface area contributed by atoms with Crippen molar-refractivity contribution in [1.29, 1.82) is 0 Å². The zero-order chi connectivity index (χ0) is 17.5. The summed E-state index contributed by atoms with van der Waals surface area (Å²) in [5.41, 5.74) is 0. The van der Waals surface area contributed by atoms with Crippen molar-refractivity contribution in [2.24, 2.45) is 11.8 Å². The van der Waals surface area contributed by atoms with E-state index in [0.29, 0.717) is 37.3 Å². The third-order valence-electron chi connectivity index (χ3n) is 5.25. The van der Waals surface area contributed by atoms with E-state index < -0.39 is 0 Å². The minimum atomic E-state index is -0.286. The third-order valence-corrected chi connectivity index (χ3v) is 5.25. The van der Waals surface area contributed by atoms with E-state index in [2.05, 4.69) is 13.8 Å². The molecule has 1 saturated heterocycles. The van der Waals surface area contributed by atoms with Gasteiger partial charge in [0.25, 0.3) is 0 Å². The lowest BCUT2D eigenvalue weighted by atomic mass is 9.88. The molecule has 0 amide bonds. The lowest BCUT2D eigenvalue weighted by Crippen LogP contribution is -2.28. The van der Waals surface area contributed by atoms with Crippen molar-refractivity contribution >= 4 is 0 Å². The second kappa shape index (κ2) is 10.1. The Labute approximate surface area is 147 Å². The summed E-state index contributed by atoms with van der Waals surface area (Å²) in [5, 5.41) is 9.70. The number of aliphatic hydroxyl groups is 1. The van der Waals surface area contributed by atoms with Gasteiger partial charge in [0.1, 0.15) is 0 Å². The number of rotatable bonds is 11. The molecule has 1 N–H and O–H groups in total. The van der Waals surface area contributed by atoms with E-state index in [1.807, 2.05) is 13.8 Å². The van der Waals surface area contributed by atoms with Crippen LogP contribution in [0.2, 0.25) is 0 Å². The molecule has 0 spiro atoms. The Morgan fingerprint density at radius 2 is 1.88 bits per heavy atom. The Morgan fingerprint density at radius 3 is 2.50 bits per heavy atom. The first-order valence-corrected chi connectivity index (χ1v) is 9.70. The van der Waals surface area contributed by atoms with Crippen molar-refractivity contribution in [3.8, 4) is 0 Å². The lowest BCUT2D eigenvalue weighted by Gasteiger charge is -2.27. The highest BCUT2D eigenvalue weighted by atomic mass is 16.8. The van der Waals surface area contributed by atoms with Crippen LogP contribution in [0.3, 0.4) is 0 Å². The Balaban J connectivity index is 1.56. The third kappa shape index (κ3) is 7.36. The summed E-state index contributed by atoms with van der Waals surface area (Å²) in [4.78, 5) is 0. The second-order valence-electron chi connectivity index (χ2n) is 7.51. The van der Waals surface area contributed by atoms with Crippen LogP contribution in [0.5, 0.6) is 0 Å². The quantitative estimate of drug-likeness (QED) is 0.459. The van der Waals surface area contributed by atoms with Crippen molar-refractivity contribution in [3.05, 3.63) is 0 Å². The highest BCUT2D eigenvalue weighted by Gasteiger charge is 2.35. The fraction of sp³-hybridized carbons (Fsp3) is 1.00. The lowest BCUT2D eigenvalue weighted by molar-refractivity contribution is -0.238. The predicted molar refractivity (Wildman–Crippen MR) is 92.6 cm³/mol. The van der Waals surface area contributed by atoms with Crippen LogP contribution in [-0.4, -0.2) is 49.2 Å². The normalized spacial score (nSPS) is 33.9. The van der Waals surface area contributed by atoms with Gasteiger partial charge in [0.15, 0.2) is 12.6 Å². The summed E-state index contributed by atoms with van der Waals surface area (Å²) in [6.45, 7) is 9.50. The second-order valence-corrected chi connectivity index (χ2v) is 7.51. The number of epoxide rings is 1. The fourth-order valence-corrected chi connectivity index (χ4v) is 3.46. The molecule has 24 heavy (non-hydrogen) atoms. The molecule has 1 aliphatic heterocycles. The van der Waals surface area contributed by atoms with E-state index >= 15 is 0 Å². The van der Waals surface area contributed by atoms with Gasteiger partial charge in [-0.2, -0.15) is 0 Å². The van der Waals surface area contributed by atoms with Crippen molar-refractivity contribution in [3.63, 3.8) is 0 Å². The van der Waals surface area contributed by atoms with Crippen molar-refractivity contribution in [2.45, 2.75) is 97.1 Å². The standard InChI is InChI=1S/C19H36O5/c1-5-16(10-19-13(2)23-19)11-21-14(3)24-15(4)22-12-17-7-6-8-18(20)9-17/h13-20H,5-12H2,1-4H3. The van der Waals surface area contributed by atoms with Gasteiger partial charge in [0.05, 0.1) is 31.5 Å². The van der Waals surface area contributed by atoms with Crippen LogP contribution in [0.25, 0.3) is 0 Å². The van der Waals surface area contributed by atoms with E-state index in [1.54, 1.807) is 0 Å². The molecule has 7 unspecified atom stereocenters. The van der Waals surface area contributed by atoms with Gasteiger partial charge in [0, 0.05) is 0 Å². The van der Waals surface area contributed by atoms with Crippen LogP contribution < -0.4 is 0 Å². The Morgan fingerprint density at radius 1 is 1.17 bits per heavy atom. The number of hydrogen-bond donors (Lipinski definition) is 1. The van der Waals surface area contributed by atoms with E-state index in [9.17, 15) is 5.11 Å². The largest absolute Gasteiger partial charge is 0.393 e. The molecule has 5 nitrogen and oxygen atoms in total. The molecule has 0 aromatic heterocycles. The molecule has 0 bridgehead atoms. The molecular weight excluding hydrogens is 308 g/mol. The molecule has 7 atom stereocenters. The van der Waals surface area contributed by atoms with E-state index in [4.69, 9.17) is 18.9 Å². The number of aliphatic hydroxyl groups excluding tert-OH is 1. The van der Waals surface area contributed by atoms with Crippen LogP contribution in [0, 0.1) is 11.8 Å². The van der Waals surface area contributed by atoms with Gasteiger partial charge in [-0.25, -0.2) is 0 Å². The fourth-order valence-electron chi connectivity index (χ4n) is 3.46. The van der Waals surface area contributed by atoms with Crippen LogP contribution in [-0.2, 0) is 18.9 Å². The van der Waals surface area contributed by atoms with Gasteiger partial charge in [-0.15, -0.1) is 0 Å². The Kier molecular flexibility index (Phi) is 8.44. The Hall–Kier alpha value is -0.200. The first-order chi connectivity index (χ1) is 11.5. The van der Waals surface area contributed by atoms with Crippen LogP contribution >= 0.6 is 0 Å². The van der Waals surface area contributed by atoms with Gasteiger partial charge < -0.3 is 24.1 Å². The Bertz CT molecular complexity index is 351. The van der Waals surface area contributed by atoms with Gasteiger partial charge >= 0.3 is 0 Å². The molecule has 0 aromatic rings. The summed E-state index contributed by atoms with van der Waals surface area (Å²) in [5.74, 6) is 0.965. The number of hydrogen-bond acceptors (Lipinski definition) is 5. The van der Waals surface area contributed by atoms with Crippen molar-refractivity contribution < 1.29 is 24.1 Å². The molecule has 2 fully saturated rings. The van der Waals surface area contributed by atoms with E-state index in [0.717, 1.165) is 38.5 Å². The average Bonchev–Trinajstić information content (AvgIpc) is 3.24. The molecule has 0 radical (unpaired) electrons. The molecular formula is C19H36O5. The summed E-state index contributed by atoms with van der Waals surface area (Å²) >= 11 is 0. The molecule has 1 heterocycles. The maximum absolute atomic E-state index is 9.70. The first-order valence-electron chi connectivity index (χ1n) is 9.70. The first kappa shape index (κ1) is 20.1. The van der Waals surface area contributed by atoms with E-state index in [1.165, 1.54) is 0 Å². The molecule has 1 aliphatic carbocycles. The highest BCUT2D eigenvalue weighted by molar-refractivity contribution is 4.82. The van der Waals surface area contributed by atoms with Gasteiger partial charge in [-0.05, 0) is 58.3 Å². The zero-order valence-electron chi connectivity index (χ0n) is 15.8. The molecule has 0 aromatic carbocycles. The summed E-state index contributed by atoms with van der Waals surface area (Å²) < 4.78 is 22.9. The van der Waals surface area contributed by atoms with Gasteiger partial charge in [0.2, 0.25) is 0 Å². The molecule has 1 saturated carbocycles. The molecule has 5 heteroatoms. The molecule has 2 rings (SSSR count). The van der Waals surface area contributed by atoms with Crippen molar-refractivity contribution in [2.75, 3.05) is 13.2 Å².